The van der Waals surface area contributed by atoms with Crippen LogP contribution in [0.4, 0.5) is 11.4 Å². The highest BCUT2D eigenvalue weighted by Gasteiger charge is 2.21. The van der Waals surface area contributed by atoms with Gasteiger partial charge in [-0.1, -0.05) is 12.1 Å². The zero-order valence-corrected chi connectivity index (χ0v) is 16.4. The van der Waals surface area contributed by atoms with Gasteiger partial charge >= 0.3 is 0 Å². The number of para-hydroxylation sites is 1. The van der Waals surface area contributed by atoms with Gasteiger partial charge in [-0.3, -0.25) is 9.52 Å². The Morgan fingerprint density at radius 2 is 1.82 bits per heavy atom. The number of amides is 1. The normalized spacial score (nSPS) is 12.6. The van der Waals surface area contributed by atoms with Gasteiger partial charge in [-0.25, -0.2) is 8.42 Å². The van der Waals surface area contributed by atoms with E-state index in [1.165, 1.54) is 17.4 Å². The topological polar surface area (TPSA) is 93.7 Å². The summed E-state index contributed by atoms with van der Waals surface area (Å²) in [6.07, 6.45) is 0. The molecule has 2 heterocycles. The number of benzene rings is 2. The summed E-state index contributed by atoms with van der Waals surface area (Å²) < 4.78 is 38.5. The largest absolute Gasteiger partial charge is 0.454 e. The summed E-state index contributed by atoms with van der Waals surface area (Å²) in [6.45, 7) is 1.97. The summed E-state index contributed by atoms with van der Waals surface area (Å²) in [7, 11) is -3.78. The quantitative estimate of drug-likeness (QED) is 0.659. The van der Waals surface area contributed by atoms with E-state index in [-0.39, 0.29) is 22.3 Å². The van der Waals surface area contributed by atoms with E-state index in [0.717, 1.165) is 4.88 Å². The predicted octanol–water partition coefficient (Wildman–Crippen LogP) is 3.84. The first kappa shape index (κ1) is 18.3. The molecule has 7 nitrogen and oxygen atoms in total. The number of nitrogens with one attached hydrogen (secondary N) is 2. The van der Waals surface area contributed by atoms with Crippen LogP contribution in [0.3, 0.4) is 0 Å². The second-order valence-corrected chi connectivity index (χ2v) is 9.24. The van der Waals surface area contributed by atoms with Crippen LogP contribution in [0.15, 0.2) is 58.8 Å². The van der Waals surface area contributed by atoms with Gasteiger partial charge in [0.2, 0.25) is 6.79 Å². The molecule has 144 valence electrons. The lowest BCUT2D eigenvalue weighted by atomic mass is 10.1. The smallest absolute Gasteiger partial charge is 0.271 e. The second kappa shape index (κ2) is 7.17. The number of rotatable bonds is 5. The first-order valence-corrected chi connectivity index (χ1v) is 10.6. The standard InChI is InChI=1S/C19H16N2O5S2/c1-12-6-9-18(27-12)28(23,24)21-15-5-3-2-4-14(15)19(22)20-13-7-8-16-17(10-13)26-11-25-16/h2-10,21H,11H2,1H3,(H,20,22). The van der Waals surface area contributed by atoms with Crippen molar-refractivity contribution in [2.24, 2.45) is 0 Å². The number of hydrogen-bond donors (Lipinski definition) is 2. The molecule has 2 N–H and O–H groups in total. The molecule has 0 saturated carbocycles. The number of thiophene rings is 1. The minimum atomic E-state index is -3.78. The number of sulfonamides is 1. The third-order valence-corrected chi connectivity index (χ3v) is 6.89. The van der Waals surface area contributed by atoms with Crippen LogP contribution in [-0.4, -0.2) is 21.1 Å². The van der Waals surface area contributed by atoms with Crippen molar-refractivity contribution < 1.29 is 22.7 Å². The van der Waals surface area contributed by atoms with E-state index in [2.05, 4.69) is 10.0 Å². The molecule has 4 rings (SSSR count). The van der Waals surface area contributed by atoms with Crippen LogP contribution in [0.25, 0.3) is 0 Å². The first-order valence-electron chi connectivity index (χ1n) is 8.32. The van der Waals surface area contributed by atoms with E-state index >= 15 is 0 Å². The van der Waals surface area contributed by atoms with Crippen LogP contribution in [-0.2, 0) is 10.0 Å². The van der Waals surface area contributed by atoms with Crippen molar-refractivity contribution in [3.05, 3.63) is 65.0 Å². The second-order valence-electron chi connectivity index (χ2n) is 6.04. The molecule has 1 aliphatic rings. The molecule has 2 aromatic carbocycles. The molecular weight excluding hydrogens is 400 g/mol. The van der Waals surface area contributed by atoms with Crippen LogP contribution in [0.2, 0.25) is 0 Å². The summed E-state index contributed by atoms with van der Waals surface area (Å²) in [5, 5.41) is 2.75. The van der Waals surface area contributed by atoms with Gasteiger partial charge in [0.25, 0.3) is 15.9 Å². The van der Waals surface area contributed by atoms with Crippen LogP contribution in [0, 0.1) is 6.92 Å². The lowest BCUT2D eigenvalue weighted by molar-refractivity contribution is 0.102. The molecule has 1 amide bonds. The average Bonchev–Trinajstić information content (AvgIpc) is 3.30. The molecule has 1 aliphatic heterocycles. The Balaban J connectivity index is 1.58. The summed E-state index contributed by atoms with van der Waals surface area (Å²) in [4.78, 5) is 13.6. The van der Waals surface area contributed by atoms with Crippen molar-refractivity contribution in [3.8, 4) is 11.5 Å². The minimum Gasteiger partial charge on any atom is -0.454 e. The molecule has 0 atom stereocenters. The van der Waals surface area contributed by atoms with E-state index in [0.29, 0.717) is 17.2 Å². The maximum atomic E-state index is 12.7. The molecule has 0 aliphatic carbocycles. The van der Waals surface area contributed by atoms with Crippen molar-refractivity contribution in [2.75, 3.05) is 16.8 Å². The Hall–Kier alpha value is -3.04. The monoisotopic (exact) mass is 416 g/mol. The molecular formula is C19H16N2O5S2. The third-order valence-electron chi connectivity index (χ3n) is 4.03. The molecule has 0 bridgehead atoms. The Morgan fingerprint density at radius 1 is 1.04 bits per heavy atom. The third kappa shape index (κ3) is 3.67. The van der Waals surface area contributed by atoms with Crippen LogP contribution in [0.5, 0.6) is 11.5 Å². The van der Waals surface area contributed by atoms with Crippen molar-refractivity contribution in [2.45, 2.75) is 11.1 Å². The highest BCUT2D eigenvalue weighted by Crippen LogP contribution is 2.34. The van der Waals surface area contributed by atoms with Gasteiger partial charge in [-0.15, -0.1) is 11.3 Å². The highest BCUT2D eigenvalue weighted by atomic mass is 32.2. The fourth-order valence-electron chi connectivity index (χ4n) is 2.69. The molecule has 1 aromatic heterocycles. The number of carbonyl (C=O) groups is 1. The van der Waals surface area contributed by atoms with E-state index in [1.807, 2.05) is 6.92 Å². The molecule has 0 radical (unpaired) electrons. The van der Waals surface area contributed by atoms with Crippen molar-refractivity contribution in [3.63, 3.8) is 0 Å². The Morgan fingerprint density at radius 3 is 2.61 bits per heavy atom. The zero-order valence-electron chi connectivity index (χ0n) is 14.8. The fraction of sp³-hybridized carbons (Fsp3) is 0.105. The number of aryl methyl sites for hydroxylation is 1. The van der Waals surface area contributed by atoms with E-state index in [4.69, 9.17) is 9.47 Å². The van der Waals surface area contributed by atoms with Gasteiger partial charge in [0, 0.05) is 16.6 Å². The molecule has 3 aromatic rings. The zero-order chi connectivity index (χ0) is 19.7. The number of carbonyl (C=O) groups excluding carboxylic acids is 1. The van der Waals surface area contributed by atoms with Crippen LogP contribution in [0.1, 0.15) is 15.2 Å². The lowest BCUT2D eigenvalue weighted by Gasteiger charge is -2.12. The number of fused-ring (bicyclic) bond motifs is 1. The highest BCUT2D eigenvalue weighted by molar-refractivity contribution is 7.94. The number of ether oxygens (including phenoxy) is 2. The molecule has 28 heavy (non-hydrogen) atoms. The summed E-state index contributed by atoms with van der Waals surface area (Å²) in [5.41, 5.74) is 0.921. The van der Waals surface area contributed by atoms with Crippen LogP contribution >= 0.6 is 11.3 Å². The Labute approximate surface area is 166 Å². The van der Waals surface area contributed by atoms with Gasteiger partial charge in [-0.05, 0) is 43.3 Å². The van der Waals surface area contributed by atoms with E-state index < -0.39 is 15.9 Å². The van der Waals surface area contributed by atoms with Gasteiger partial charge in [0.15, 0.2) is 11.5 Å². The first-order chi connectivity index (χ1) is 13.4. The van der Waals surface area contributed by atoms with Gasteiger partial charge in [0.1, 0.15) is 4.21 Å². The minimum absolute atomic E-state index is 0.138. The summed E-state index contributed by atoms with van der Waals surface area (Å²) in [5.74, 6) is 0.705. The number of hydrogen-bond acceptors (Lipinski definition) is 6. The Kier molecular flexibility index (Phi) is 4.70. The Bertz CT molecular complexity index is 1150. The molecule has 0 fully saturated rings. The van der Waals surface area contributed by atoms with Crippen molar-refractivity contribution in [1.82, 2.24) is 0 Å². The predicted molar refractivity (Wildman–Crippen MR) is 107 cm³/mol. The lowest BCUT2D eigenvalue weighted by Crippen LogP contribution is -2.18. The fourth-order valence-corrected chi connectivity index (χ4v) is 5.06. The van der Waals surface area contributed by atoms with Crippen molar-refractivity contribution >= 4 is 38.6 Å². The summed E-state index contributed by atoms with van der Waals surface area (Å²) in [6, 6.07) is 14.7. The van der Waals surface area contributed by atoms with Crippen molar-refractivity contribution in [1.29, 1.82) is 0 Å². The van der Waals surface area contributed by atoms with E-state index in [9.17, 15) is 13.2 Å². The molecule has 0 saturated heterocycles. The molecule has 9 heteroatoms. The SMILES string of the molecule is Cc1ccc(S(=O)(=O)Nc2ccccc2C(=O)Nc2ccc3c(c2)OCO3)s1. The van der Waals surface area contributed by atoms with E-state index in [1.54, 1.807) is 48.5 Å². The summed E-state index contributed by atoms with van der Waals surface area (Å²) >= 11 is 1.17. The molecule has 0 spiro atoms. The van der Waals surface area contributed by atoms with Gasteiger partial charge in [0.05, 0.1) is 11.3 Å². The number of anilines is 2. The van der Waals surface area contributed by atoms with Crippen LogP contribution < -0.4 is 19.5 Å². The molecule has 0 unspecified atom stereocenters. The van der Waals surface area contributed by atoms with Gasteiger partial charge < -0.3 is 14.8 Å². The maximum absolute atomic E-state index is 12.7. The maximum Gasteiger partial charge on any atom is 0.271 e. The van der Waals surface area contributed by atoms with Gasteiger partial charge in [-0.2, -0.15) is 0 Å². The average molecular weight is 416 g/mol.